The third kappa shape index (κ3) is 3.04. The molecule has 5 nitrogen and oxygen atoms in total. The Labute approximate surface area is 141 Å². The van der Waals surface area contributed by atoms with Gasteiger partial charge in [-0.15, -0.1) is 0 Å². The third-order valence-corrected chi connectivity index (χ3v) is 4.88. The van der Waals surface area contributed by atoms with Gasteiger partial charge in [0.15, 0.2) is 5.60 Å². The third-order valence-electron chi connectivity index (χ3n) is 4.88. The van der Waals surface area contributed by atoms with Crippen molar-refractivity contribution < 1.29 is 18.7 Å². The molecule has 0 aliphatic carbocycles. The van der Waals surface area contributed by atoms with Crippen LogP contribution in [0, 0.1) is 6.92 Å². The van der Waals surface area contributed by atoms with Crippen LogP contribution in [-0.4, -0.2) is 36.4 Å². The summed E-state index contributed by atoms with van der Waals surface area (Å²) in [5, 5.41) is 0. The number of rotatable bonds is 3. The van der Waals surface area contributed by atoms with Crippen LogP contribution in [-0.2, 0) is 16.0 Å². The number of benzene rings is 1. The van der Waals surface area contributed by atoms with Crippen molar-refractivity contribution in [2.75, 3.05) is 19.7 Å². The van der Waals surface area contributed by atoms with Gasteiger partial charge in [-0.1, -0.05) is 18.2 Å². The zero-order chi connectivity index (χ0) is 16.6. The molecule has 1 spiro atoms. The Bertz CT molecular complexity index is 743. The summed E-state index contributed by atoms with van der Waals surface area (Å²) < 4.78 is 16.1. The van der Waals surface area contributed by atoms with Crippen LogP contribution in [0.4, 0.5) is 4.79 Å². The molecule has 2 aromatic rings. The highest BCUT2D eigenvalue weighted by Crippen LogP contribution is 2.32. The van der Waals surface area contributed by atoms with E-state index in [2.05, 4.69) is 29.2 Å². The Kier molecular flexibility index (Phi) is 3.81. The van der Waals surface area contributed by atoms with E-state index in [1.165, 1.54) is 5.56 Å². The Balaban J connectivity index is 1.40. The normalized spacial score (nSPS) is 20.1. The molecule has 2 saturated heterocycles. The topological polar surface area (TPSA) is 51.9 Å². The zero-order valence-corrected chi connectivity index (χ0v) is 13.8. The number of carbonyl (C=O) groups excluding carboxylic acids is 1. The van der Waals surface area contributed by atoms with Crippen LogP contribution in [0.5, 0.6) is 0 Å². The minimum atomic E-state index is -0.523. The number of piperidine rings is 1. The number of cyclic esters (lactones) is 1. The van der Waals surface area contributed by atoms with E-state index >= 15 is 0 Å². The van der Waals surface area contributed by atoms with Crippen molar-refractivity contribution in [3.63, 3.8) is 0 Å². The first-order chi connectivity index (χ1) is 11.6. The highest BCUT2D eigenvalue weighted by Gasteiger charge is 2.44. The maximum absolute atomic E-state index is 11.2. The Morgan fingerprint density at radius 3 is 2.67 bits per heavy atom. The number of hydrogen-bond acceptors (Lipinski definition) is 5. The monoisotopic (exact) mass is 327 g/mol. The smallest absolute Gasteiger partial charge is 0.461 e. The van der Waals surface area contributed by atoms with Gasteiger partial charge in [0.2, 0.25) is 0 Å². The van der Waals surface area contributed by atoms with Crippen LogP contribution in [0.2, 0.25) is 0 Å². The molecule has 4 rings (SSSR count). The second kappa shape index (κ2) is 5.98. The number of aryl methyl sites for hydroxylation is 1. The first-order valence-corrected chi connectivity index (χ1v) is 8.36. The maximum atomic E-state index is 11.2. The quantitative estimate of drug-likeness (QED) is 0.804. The molecule has 0 amide bonds. The number of likely N-dealkylation sites (tertiary alicyclic amines) is 1. The molecular weight excluding hydrogens is 306 g/mol. The molecule has 5 heteroatoms. The number of ether oxygens (including phenoxy) is 2. The van der Waals surface area contributed by atoms with Crippen molar-refractivity contribution in [1.29, 1.82) is 0 Å². The lowest BCUT2D eigenvalue weighted by atomic mass is 9.92. The summed E-state index contributed by atoms with van der Waals surface area (Å²) in [5.41, 5.74) is 1.98. The van der Waals surface area contributed by atoms with Crippen LogP contribution in [0.1, 0.15) is 24.2 Å². The summed E-state index contributed by atoms with van der Waals surface area (Å²) in [6, 6.07) is 12.5. The summed E-state index contributed by atoms with van der Waals surface area (Å²) in [6.45, 7) is 5.04. The molecule has 2 aliphatic rings. The van der Waals surface area contributed by atoms with E-state index in [-0.39, 0.29) is 5.60 Å². The van der Waals surface area contributed by atoms with Crippen molar-refractivity contribution in [3.05, 3.63) is 47.7 Å². The van der Waals surface area contributed by atoms with Gasteiger partial charge in [0, 0.05) is 38.0 Å². The fraction of sp³-hybridized carbons (Fsp3) is 0.421. The zero-order valence-electron chi connectivity index (χ0n) is 13.8. The first-order valence-electron chi connectivity index (χ1n) is 8.36. The van der Waals surface area contributed by atoms with E-state index < -0.39 is 6.16 Å². The van der Waals surface area contributed by atoms with Crippen molar-refractivity contribution >= 4 is 6.16 Å². The van der Waals surface area contributed by atoms with Gasteiger partial charge in [0.1, 0.15) is 18.1 Å². The van der Waals surface area contributed by atoms with E-state index in [9.17, 15) is 4.79 Å². The molecule has 0 radical (unpaired) electrons. The Morgan fingerprint density at radius 2 is 2.00 bits per heavy atom. The summed E-state index contributed by atoms with van der Waals surface area (Å²) in [4.78, 5) is 13.6. The van der Waals surface area contributed by atoms with E-state index in [1.807, 2.05) is 19.1 Å². The van der Waals surface area contributed by atoms with E-state index in [0.29, 0.717) is 6.61 Å². The second-order valence-electron chi connectivity index (χ2n) is 6.71. The number of furan rings is 1. The van der Waals surface area contributed by atoms with Crippen molar-refractivity contribution in [3.8, 4) is 11.3 Å². The maximum Gasteiger partial charge on any atom is 0.509 e. The van der Waals surface area contributed by atoms with E-state index in [0.717, 1.165) is 49.6 Å². The van der Waals surface area contributed by atoms with Gasteiger partial charge in [-0.25, -0.2) is 4.79 Å². The van der Waals surface area contributed by atoms with Gasteiger partial charge in [-0.05, 0) is 30.7 Å². The minimum absolute atomic E-state index is 0.388. The average molecular weight is 327 g/mol. The molecule has 0 N–H and O–H groups in total. The fourth-order valence-corrected chi connectivity index (χ4v) is 3.46. The molecule has 1 aromatic carbocycles. The van der Waals surface area contributed by atoms with Crippen molar-refractivity contribution in [1.82, 2.24) is 4.90 Å². The molecule has 0 bridgehead atoms. The van der Waals surface area contributed by atoms with Crippen LogP contribution in [0.3, 0.4) is 0 Å². The highest BCUT2D eigenvalue weighted by molar-refractivity contribution is 5.62. The fourth-order valence-electron chi connectivity index (χ4n) is 3.46. The van der Waals surface area contributed by atoms with Gasteiger partial charge >= 0.3 is 6.16 Å². The lowest BCUT2D eigenvalue weighted by Crippen LogP contribution is -2.45. The van der Waals surface area contributed by atoms with Gasteiger partial charge in [0.25, 0.3) is 0 Å². The number of carbonyl (C=O) groups is 1. The Morgan fingerprint density at radius 1 is 1.17 bits per heavy atom. The largest absolute Gasteiger partial charge is 0.509 e. The average Bonchev–Trinajstić information content (AvgIpc) is 3.17. The SMILES string of the molecule is Cc1ccc(-c2cccc(CN3CCC4(CC3)COC(=O)O4)c2)o1. The first kappa shape index (κ1) is 15.3. The molecule has 3 heterocycles. The van der Waals surface area contributed by atoms with Crippen LogP contribution >= 0.6 is 0 Å². The lowest BCUT2D eigenvalue weighted by molar-refractivity contribution is -0.00163. The summed E-state index contributed by atoms with van der Waals surface area (Å²) in [7, 11) is 0. The molecule has 1 aromatic heterocycles. The molecule has 2 fully saturated rings. The number of nitrogens with zero attached hydrogens (tertiary/aromatic N) is 1. The van der Waals surface area contributed by atoms with Gasteiger partial charge in [0.05, 0.1) is 0 Å². The Hall–Kier alpha value is -2.27. The molecule has 126 valence electrons. The molecular formula is C19H21NO4. The highest BCUT2D eigenvalue weighted by atomic mass is 16.8. The standard InChI is InChI=1S/C19H21NO4/c1-14-5-6-17(23-14)16-4-2-3-15(11-16)12-20-9-7-19(8-10-20)13-22-18(21)24-19/h2-6,11H,7-10,12-13H2,1H3. The summed E-state index contributed by atoms with van der Waals surface area (Å²) >= 11 is 0. The predicted molar refractivity (Wildman–Crippen MR) is 88.6 cm³/mol. The second-order valence-corrected chi connectivity index (χ2v) is 6.71. The predicted octanol–water partition coefficient (Wildman–Crippen LogP) is 3.76. The van der Waals surface area contributed by atoms with Crippen LogP contribution < -0.4 is 0 Å². The van der Waals surface area contributed by atoms with Crippen molar-refractivity contribution in [2.45, 2.75) is 31.9 Å². The summed E-state index contributed by atoms with van der Waals surface area (Å²) in [5.74, 6) is 1.83. The van der Waals surface area contributed by atoms with E-state index in [1.54, 1.807) is 0 Å². The number of hydrogen-bond donors (Lipinski definition) is 0. The van der Waals surface area contributed by atoms with Crippen molar-refractivity contribution in [2.24, 2.45) is 0 Å². The van der Waals surface area contributed by atoms with Gasteiger partial charge in [-0.2, -0.15) is 0 Å². The molecule has 0 unspecified atom stereocenters. The lowest BCUT2D eigenvalue weighted by Gasteiger charge is -2.36. The van der Waals surface area contributed by atoms with Gasteiger partial charge in [-0.3, -0.25) is 4.90 Å². The molecule has 2 aliphatic heterocycles. The molecule has 0 saturated carbocycles. The molecule has 24 heavy (non-hydrogen) atoms. The van der Waals surface area contributed by atoms with Gasteiger partial charge < -0.3 is 13.9 Å². The van der Waals surface area contributed by atoms with Crippen LogP contribution in [0.25, 0.3) is 11.3 Å². The van der Waals surface area contributed by atoms with E-state index in [4.69, 9.17) is 13.9 Å². The minimum Gasteiger partial charge on any atom is -0.461 e. The molecule has 0 atom stereocenters. The summed E-state index contributed by atoms with van der Waals surface area (Å²) in [6.07, 6.45) is 1.14. The van der Waals surface area contributed by atoms with Crippen LogP contribution in [0.15, 0.2) is 40.8 Å².